The van der Waals surface area contributed by atoms with Crippen molar-refractivity contribution in [1.82, 2.24) is 0 Å². The largest absolute Gasteiger partial charge is 1.00 e. The Morgan fingerprint density at radius 3 is 3.12 bits per heavy atom. The average molecular weight is 100 g/mol. The topological polar surface area (TPSA) is 0 Å². The molecule has 0 radical (unpaired) electrons. The van der Waals surface area contributed by atoms with Crippen LogP contribution in [0.2, 0.25) is 0 Å². The maximum atomic E-state index is 3.14. The van der Waals surface area contributed by atoms with Crippen molar-refractivity contribution in [2.45, 2.75) is 19.3 Å². The van der Waals surface area contributed by atoms with E-state index in [9.17, 15) is 0 Å². The van der Waals surface area contributed by atoms with Gasteiger partial charge >= 0.3 is 18.9 Å². The van der Waals surface area contributed by atoms with E-state index in [2.05, 4.69) is 18.2 Å². The molecule has 0 spiro atoms. The fourth-order valence-electron chi connectivity index (χ4n) is 0.638. The Bertz CT molecular complexity index is 80.6. The summed E-state index contributed by atoms with van der Waals surface area (Å²) in [6, 6.07) is 0. The van der Waals surface area contributed by atoms with Gasteiger partial charge in [-0.1, -0.05) is 12.8 Å². The minimum absolute atomic E-state index is 0. The Kier molecular flexibility index (Phi) is 5.27. The van der Waals surface area contributed by atoms with Crippen molar-refractivity contribution >= 4 is 0 Å². The molecular weight excluding hydrogens is 91.0 g/mol. The zero-order valence-electron chi connectivity index (χ0n) is 5.35. The second-order valence-electron chi connectivity index (χ2n) is 1.69. The van der Waals surface area contributed by atoms with Crippen LogP contribution in [-0.2, 0) is 0 Å². The van der Waals surface area contributed by atoms with Crippen LogP contribution in [0, 0.1) is 6.08 Å². The minimum Gasteiger partial charge on any atom is -0.275 e. The van der Waals surface area contributed by atoms with E-state index in [1.165, 1.54) is 12.8 Å². The van der Waals surface area contributed by atoms with Crippen molar-refractivity contribution in [1.29, 1.82) is 0 Å². The summed E-state index contributed by atoms with van der Waals surface area (Å²) in [7, 11) is 0. The van der Waals surface area contributed by atoms with Crippen molar-refractivity contribution < 1.29 is 18.9 Å². The van der Waals surface area contributed by atoms with Crippen LogP contribution in [-0.4, -0.2) is 0 Å². The number of allylic oxidation sites excluding steroid dienone is 4. The molecule has 0 aromatic heterocycles. The van der Waals surface area contributed by atoms with E-state index in [-0.39, 0.29) is 18.9 Å². The monoisotopic (exact) mass is 100 g/mol. The van der Waals surface area contributed by atoms with E-state index in [1.54, 1.807) is 0 Å². The molecule has 1 aliphatic rings. The molecule has 38 valence electrons. The van der Waals surface area contributed by atoms with E-state index in [0.29, 0.717) is 0 Å². The van der Waals surface area contributed by atoms with Crippen LogP contribution >= 0.6 is 0 Å². The zero-order chi connectivity index (χ0) is 4.95. The van der Waals surface area contributed by atoms with Crippen LogP contribution in [0.25, 0.3) is 0 Å². The number of hydrogen-bond acceptors (Lipinski definition) is 0. The summed E-state index contributed by atoms with van der Waals surface area (Å²) in [6.45, 7) is 0. The van der Waals surface area contributed by atoms with Crippen molar-refractivity contribution in [2.75, 3.05) is 0 Å². The van der Waals surface area contributed by atoms with Gasteiger partial charge in [-0.25, -0.2) is 12.2 Å². The van der Waals surface area contributed by atoms with Crippen LogP contribution in [0.3, 0.4) is 0 Å². The molecule has 1 heteroatoms. The molecule has 0 aromatic carbocycles. The van der Waals surface area contributed by atoms with Crippen molar-refractivity contribution in [3.63, 3.8) is 0 Å². The van der Waals surface area contributed by atoms with Gasteiger partial charge in [0.05, 0.1) is 0 Å². The Morgan fingerprint density at radius 2 is 2.25 bits per heavy atom. The van der Waals surface area contributed by atoms with E-state index in [0.717, 1.165) is 6.42 Å². The third-order valence-corrected chi connectivity index (χ3v) is 1.04. The van der Waals surface area contributed by atoms with Crippen LogP contribution in [0.15, 0.2) is 18.2 Å². The van der Waals surface area contributed by atoms with Gasteiger partial charge in [0.2, 0.25) is 0 Å². The summed E-state index contributed by atoms with van der Waals surface area (Å²) in [6.07, 6.45) is 13.0. The molecule has 0 bridgehead atoms. The SMILES string of the molecule is [C-]1=CC=CCCC1.[Li+]. The maximum Gasteiger partial charge on any atom is 1.00 e. The van der Waals surface area contributed by atoms with Gasteiger partial charge in [-0.3, -0.25) is 6.08 Å². The van der Waals surface area contributed by atoms with Crippen molar-refractivity contribution in [2.24, 2.45) is 0 Å². The third kappa shape index (κ3) is 3.13. The van der Waals surface area contributed by atoms with Gasteiger partial charge < -0.3 is 0 Å². The molecule has 1 aliphatic carbocycles. The van der Waals surface area contributed by atoms with Gasteiger partial charge in [-0.15, -0.1) is 6.42 Å². The molecular formula is C7H9Li. The van der Waals surface area contributed by atoms with Crippen molar-refractivity contribution in [3.05, 3.63) is 24.3 Å². The zero-order valence-corrected chi connectivity index (χ0v) is 5.35. The second-order valence-corrected chi connectivity index (χ2v) is 1.69. The molecule has 0 nitrogen and oxygen atoms in total. The summed E-state index contributed by atoms with van der Waals surface area (Å²) in [4.78, 5) is 0. The first-order chi connectivity index (χ1) is 3.50. The average Bonchev–Trinajstić information content (AvgIpc) is 1.90. The van der Waals surface area contributed by atoms with E-state index in [1.807, 2.05) is 6.08 Å². The molecule has 0 unspecified atom stereocenters. The molecule has 0 N–H and O–H groups in total. The van der Waals surface area contributed by atoms with Gasteiger partial charge in [0.15, 0.2) is 0 Å². The van der Waals surface area contributed by atoms with Crippen molar-refractivity contribution in [3.8, 4) is 0 Å². The number of hydrogen-bond donors (Lipinski definition) is 0. The van der Waals surface area contributed by atoms with E-state index in [4.69, 9.17) is 0 Å². The maximum absolute atomic E-state index is 3.14. The minimum atomic E-state index is 0. The molecule has 0 heterocycles. The first-order valence-electron chi connectivity index (χ1n) is 2.72. The molecule has 0 aromatic rings. The summed E-state index contributed by atoms with van der Waals surface area (Å²) in [5.74, 6) is 0. The van der Waals surface area contributed by atoms with Crippen LogP contribution in [0.5, 0.6) is 0 Å². The fourth-order valence-corrected chi connectivity index (χ4v) is 0.638. The molecule has 0 saturated carbocycles. The number of rotatable bonds is 0. The van der Waals surface area contributed by atoms with E-state index < -0.39 is 0 Å². The molecule has 0 saturated heterocycles. The summed E-state index contributed by atoms with van der Waals surface area (Å²) >= 11 is 0. The normalized spacial score (nSPS) is 17.0. The van der Waals surface area contributed by atoms with Gasteiger partial charge in [0.25, 0.3) is 0 Å². The summed E-state index contributed by atoms with van der Waals surface area (Å²) < 4.78 is 0. The Labute approximate surface area is 62.8 Å². The van der Waals surface area contributed by atoms with Crippen LogP contribution < -0.4 is 18.9 Å². The molecule has 0 atom stereocenters. The summed E-state index contributed by atoms with van der Waals surface area (Å²) in [5.41, 5.74) is 0. The standard InChI is InChI=1S/C7H9.Li/c1-2-4-6-7-5-3-1;/h1-3H,4,6-7H2;/q-1;+1. The van der Waals surface area contributed by atoms with Gasteiger partial charge in [0.1, 0.15) is 0 Å². The second kappa shape index (κ2) is 5.22. The van der Waals surface area contributed by atoms with Gasteiger partial charge in [-0.2, -0.15) is 6.08 Å². The summed E-state index contributed by atoms with van der Waals surface area (Å²) in [5, 5.41) is 0. The predicted molar refractivity (Wildman–Crippen MR) is 30.8 cm³/mol. The fraction of sp³-hybridized carbons (Fsp3) is 0.429. The molecule has 0 aliphatic heterocycles. The predicted octanol–water partition coefficient (Wildman–Crippen LogP) is -0.910. The quantitative estimate of drug-likeness (QED) is 0.273. The Morgan fingerprint density at radius 1 is 1.38 bits per heavy atom. The van der Waals surface area contributed by atoms with Gasteiger partial charge in [-0.05, 0) is 0 Å². The third-order valence-electron chi connectivity index (χ3n) is 1.04. The molecule has 0 fully saturated rings. The van der Waals surface area contributed by atoms with E-state index >= 15 is 0 Å². The Hall–Kier alpha value is 0.0774. The van der Waals surface area contributed by atoms with Crippen LogP contribution in [0.1, 0.15) is 19.3 Å². The molecule has 0 amide bonds. The molecule has 8 heavy (non-hydrogen) atoms. The molecule has 1 rings (SSSR count). The Balaban J connectivity index is 0.000000490. The smallest absolute Gasteiger partial charge is 0.275 e. The first kappa shape index (κ1) is 8.08. The van der Waals surface area contributed by atoms with Crippen LogP contribution in [0.4, 0.5) is 0 Å². The first-order valence-corrected chi connectivity index (χ1v) is 2.72. The van der Waals surface area contributed by atoms with Gasteiger partial charge in [0, 0.05) is 0 Å².